The minimum Gasteiger partial charge on any atom is -0.493 e. The van der Waals surface area contributed by atoms with Crippen LogP contribution in [0.2, 0.25) is 25.6 Å². The molecule has 7 aromatic heterocycles. The topological polar surface area (TPSA) is 348 Å². The lowest BCUT2D eigenvalue weighted by Crippen LogP contribution is -2.21. The molecule has 7 N–H and O–H groups in total. The molecule has 11 rings (SSSR count). The molecule has 0 amide bonds. The van der Waals surface area contributed by atoms with Crippen LogP contribution in [0.25, 0.3) is 22.1 Å². The number of aryl methyl sites for hydroxylation is 4. The van der Waals surface area contributed by atoms with Crippen molar-refractivity contribution in [3.05, 3.63) is 167 Å². The third-order valence-electron chi connectivity index (χ3n) is 14.4. The lowest BCUT2D eigenvalue weighted by atomic mass is 10.2. The molecule has 28 nitrogen and oxygen atoms in total. The Morgan fingerprint density at radius 2 is 0.980 bits per heavy atom. The minimum atomic E-state index is -0.619. The maximum atomic E-state index is 10.4. The Hall–Kier alpha value is -8.26. The number of fused-ring (bicyclic) bond motifs is 2. The van der Waals surface area contributed by atoms with Gasteiger partial charge < -0.3 is 74.6 Å². The predicted octanol–water partition coefficient (Wildman–Crippen LogP) is 13.5. The highest BCUT2D eigenvalue weighted by atomic mass is 35.5. The number of hydrogen-bond acceptors (Lipinski definition) is 24. The number of benzene rings is 2. The second-order valence-corrected chi connectivity index (χ2v) is 23.1. The summed E-state index contributed by atoms with van der Waals surface area (Å²) in [6.45, 7) is 11.8. The van der Waals surface area contributed by atoms with Crippen LogP contribution in [0.15, 0.2) is 110 Å². The molecule has 0 atom stereocenters. The molecule has 2 fully saturated rings. The molecule has 0 saturated carbocycles. The number of nitrogens with two attached hydrogens (primary N) is 3. The molecule has 538 valence electrons. The van der Waals surface area contributed by atoms with Gasteiger partial charge in [-0.05, 0) is 127 Å². The summed E-state index contributed by atoms with van der Waals surface area (Å²) in [4.78, 5) is 52.2. The van der Waals surface area contributed by atoms with Gasteiger partial charge in [0.2, 0.25) is 0 Å². The minimum absolute atomic E-state index is 0.00463. The summed E-state index contributed by atoms with van der Waals surface area (Å²) < 4.78 is 40.1. The van der Waals surface area contributed by atoms with Crippen molar-refractivity contribution in [2.45, 2.75) is 71.7 Å². The van der Waals surface area contributed by atoms with E-state index in [1.54, 1.807) is 57.6 Å². The van der Waals surface area contributed by atoms with Gasteiger partial charge in [-0.15, -0.1) is 0 Å². The molecular weight excluding hydrogens is 1380 g/mol. The monoisotopic (exact) mass is 1470 g/mol. The lowest BCUT2D eigenvalue weighted by molar-refractivity contribution is -0.385. The van der Waals surface area contributed by atoms with E-state index >= 15 is 0 Å². The zero-order valence-corrected chi connectivity index (χ0v) is 61.0. The smallest absolute Gasteiger partial charge is 0.306 e. The molecule has 0 radical (unpaired) electrons. The maximum absolute atomic E-state index is 10.4. The molecule has 0 aliphatic carbocycles. The average molecular weight is 1470 g/mol. The number of ether oxygens (including phenoxy) is 7. The largest absolute Gasteiger partial charge is 0.493 e. The van der Waals surface area contributed by atoms with E-state index in [0.717, 1.165) is 101 Å². The second-order valence-electron chi connectivity index (χ2n) is 21.2. The third kappa shape index (κ3) is 28.9. The van der Waals surface area contributed by atoms with Gasteiger partial charge in [0.15, 0.2) is 23.0 Å². The summed E-state index contributed by atoms with van der Waals surface area (Å²) in [6, 6.07) is 19.6. The third-order valence-corrected chi connectivity index (χ3v) is 15.6. The Morgan fingerprint density at radius 3 is 1.45 bits per heavy atom. The number of likely N-dealkylation sites (tertiary alicyclic amines) is 2. The lowest BCUT2D eigenvalue weighted by Gasteiger charge is -2.16. The molecule has 2 aliphatic heterocycles. The van der Waals surface area contributed by atoms with Crippen LogP contribution >= 0.6 is 58.0 Å². The fourth-order valence-electron chi connectivity index (χ4n) is 9.40. The van der Waals surface area contributed by atoms with Crippen molar-refractivity contribution in [1.29, 1.82) is 0 Å². The normalized spacial score (nSPS) is 12.2. The number of halogens is 5. The van der Waals surface area contributed by atoms with Gasteiger partial charge in [-0.3, -0.25) is 20.2 Å². The van der Waals surface area contributed by atoms with Gasteiger partial charge in [0.1, 0.15) is 54.9 Å². The van der Waals surface area contributed by atoms with Crippen molar-refractivity contribution in [2.75, 3.05) is 112 Å². The van der Waals surface area contributed by atoms with Crippen LogP contribution in [-0.4, -0.2) is 165 Å². The molecule has 33 heteroatoms. The number of hydrogen-bond donors (Lipinski definition) is 4. The van der Waals surface area contributed by atoms with Crippen molar-refractivity contribution in [1.82, 2.24) is 53.8 Å². The summed E-state index contributed by atoms with van der Waals surface area (Å²) in [5, 5.41) is 25.4. The van der Waals surface area contributed by atoms with E-state index in [9.17, 15) is 20.2 Å². The number of rotatable bonds is 21. The summed E-state index contributed by atoms with van der Waals surface area (Å²) in [5.74, 6) is 3.72. The average Bonchev–Trinajstić information content (AvgIpc) is 1.78. The van der Waals surface area contributed by atoms with Gasteiger partial charge in [-0.25, -0.2) is 34.9 Å². The number of anilines is 4. The van der Waals surface area contributed by atoms with Crippen LogP contribution in [0.5, 0.6) is 23.0 Å². The van der Waals surface area contributed by atoms with E-state index in [-0.39, 0.29) is 26.7 Å². The van der Waals surface area contributed by atoms with Crippen LogP contribution < -0.4 is 41.5 Å². The summed E-state index contributed by atoms with van der Waals surface area (Å²) >= 11 is 27.8. The highest BCUT2D eigenvalue weighted by Crippen LogP contribution is 2.33. The first-order valence-electron chi connectivity index (χ1n) is 31.2. The number of methoxy groups -OCH3 is 5. The first-order valence-corrected chi connectivity index (χ1v) is 33.1. The molecule has 2 aromatic carbocycles. The quantitative estimate of drug-likeness (QED) is 0.0130. The zero-order chi connectivity index (χ0) is 72.8. The molecule has 0 unspecified atom stereocenters. The first-order chi connectivity index (χ1) is 47.6. The van der Waals surface area contributed by atoms with Gasteiger partial charge in [-0.2, -0.15) is 0 Å². The van der Waals surface area contributed by atoms with Crippen LogP contribution in [0.4, 0.5) is 34.3 Å². The molecule has 0 bridgehead atoms. The first kappa shape index (κ1) is 83.2. The van der Waals surface area contributed by atoms with Crippen molar-refractivity contribution in [2.24, 2.45) is 19.8 Å². The standard InChI is InChI=1S/C21H27N5O2.C14H22N2O2.C7H6ClN3.C7H7ClN2O2.C7H9ClN2.C5H2Cl2N2O2.C4H10O3.CH5N/c1-25-15-23-17-14-22-21(13-18(17)25)24-16-6-7-19(27-2)20(12-16)28-11-5-10-26-8-3-4-9-26;1-17-13-6-5-12(15)11-14(13)18-10-4-9-16-7-2-3-8-16;1-11-4-10-5-3-9-7(8)2-6(5)11;1-2-5-3-7(8)9-4-6(5)10(11)12;1-2-5-3-7(8)10-4-6(5)9;6-3-1-5(7)8-2-4(3)9(10)11;1-5-4(6-2)7-3;1-2/h6-7,12-15H,3-5,8-11H2,1-2H3,(H,22,24);5-6,11H,2-4,7-10,15H2,1H3;2-4H,1H3;3-4H,2H2,1H3;3-4H,2,9H2,1H3;1-2H;4H,1-3H3;2H2,1H3. The molecule has 9 aromatic rings. The number of imidazole rings is 2. The van der Waals surface area contributed by atoms with Crippen LogP contribution in [0.3, 0.4) is 0 Å². The number of nitrogens with zero attached hydrogens (tertiary/aromatic N) is 13. The van der Waals surface area contributed by atoms with Gasteiger partial charge >= 0.3 is 5.69 Å². The highest BCUT2D eigenvalue weighted by Gasteiger charge is 2.16. The fourth-order valence-corrected chi connectivity index (χ4v) is 10.3. The van der Waals surface area contributed by atoms with E-state index in [2.05, 4.69) is 69.9 Å². The van der Waals surface area contributed by atoms with Gasteiger partial charge in [0.25, 0.3) is 12.2 Å². The van der Waals surface area contributed by atoms with E-state index in [4.69, 9.17) is 88.4 Å². The molecule has 0 spiro atoms. The Bertz CT molecular complexity index is 3880. The number of aromatic nitrogens is 9. The summed E-state index contributed by atoms with van der Waals surface area (Å²) in [7, 11) is 13.2. The van der Waals surface area contributed by atoms with Crippen molar-refractivity contribution < 1.29 is 43.0 Å². The number of nitro groups is 2. The summed E-state index contributed by atoms with van der Waals surface area (Å²) in [6.07, 6.45) is 19.6. The van der Waals surface area contributed by atoms with Crippen LogP contribution in [-0.2, 0) is 41.1 Å². The Kier molecular flexibility index (Phi) is 38.2. The SMILES string of the molecule is CCc1cc(Cl)ncc1N.CCc1cc(Cl)ncc1[N+](=O)[O-].CN.COC(OC)OC.COc1ccc(N)cc1OCCCN1CCCC1.COc1ccc(Nc2cc3c(cn2)ncn3C)cc1OCCCN1CCCC1.Cn1cnc2cnc(Cl)cc21.O=[N+]([O-])c1cnc(Cl)cc1Cl. The van der Waals surface area contributed by atoms with E-state index in [1.807, 2.05) is 79.5 Å². The molecule has 99 heavy (non-hydrogen) atoms. The van der Waals surface area contributed by atoms with E-state index < -0.39 is 16.3 Å². The summed E-state index contributed by atoms with van der Waals surface area (Å²) in [5.41, 5.74) is 23.4. The zero-order valence-electron chi connectivity index (χ0n) is 57.2. The molecule has 2 aliphatic rings. The molecule has 9 heterocycles. The number of nitrogen functional groups attached to an aromatic ring is 2. The Balaban J connectivity index is 0.000000257. The van der Waals surface area contributed by atoms with E-state index in [1.165, 1.54) is 98.6 Å². The highest BCUT2D eigenvalue weighted by molar-refractivity contribution is 6.35. The molecular formula is C66H88Cl5N17O11. The van der Waals surface area contributed by atoms with Crippen molar-refractivity contribution in [3.63, 3.8) is 0 Å². The number of nitrogens with one attached hydrogen (secondary N) is 1. The van der Waals surface area contributed by atoms with Crippen molar-refractivity contribution >= 4 is 114 Å². The predicted molar refractivity (Wildman–Crippen MR) is 391 cm³/mol. The van der Waals surface area contributed by atoms with Gasteiger partial charge in [-0.1, -0.05) is 71.9 Å². The second kappa shape index (κ2) is 45.4. The Morgan fingerprint density at radius 1 is 0.535 bits per heavy atom. The van der Waals surface area contributed by atoms with Crippen LogP contribution in [0.1, 0.15) is 63.5 Å². The van der Waals surface area contributed by atoms with Crippen LogP contribution in [0, 0.1) is 20.2 Å². The Labute approximate surface area is 601 Å². The van der Waals surface area contributed by atoms with Gasteiger partial charge in [0, 0.05) is 95.8 Å². The van der Waals surface area contributed by atoms with E-state index in [0.29, 0.717) is 46.9 Å². The maximum Gasteiger partial charge on any atom is 0.306 e. The van der Waals surface area contributed by atoms with Crippen molar-refractivity contribution in [3.8, 4) is 23.0 Å². The molecule has 2 saturated heterocycles. The fraction of sp³-hybridized carbons (Fsp3) is 0.409. The van der Waals surface area contributed by atoms with Gasteiger partial charge in [0.05, 0.1) is 85.2 Å². The number of pyridine rings is 5.